The topological polar surface area (TPSA) is 64.1 Å². The largest absolute Gasteiger partial charge is 1.00 e. The van der Waals surface area contributed by atoms with Gasteiger partial charge in [-0.25, -0.2) is 0 Å². The summed E-state index contributed by atoms with van der Waals surface area (Å²) in [6.07, 6.45) is 2.56. The zero-order valence-electron chi connectivity index (χ0n) is 6.08. The van der Waals surface area contributed by atoms with Crippen LogP contribution >= 0.6 is 0 Å². The van der Waals surface area contributed by atoms with Gasteiger partial charge in [-0.1, -0.05) is 13.3 Å². The Bertz CT molecular complexity index is 24.0. The minimum absolute atomic E-state index is 0. The van der Waals surface area contributed by atoms with E-state index >= 15 is 0 Å². The Labute approximate surface area is 109 Å². The summed E-state index contributed by atoms with van der Waals surface area (Å²) in [5.74, 6) is 0. The van der Waals surface area contributed by atoms with Gasteiger partial charge in [0.15, 0.2) is 0 Å². The number of hydrogen-bond donors (Lipinski definition) is 2. The normalized spacial score (nSPS) is 4.67. The first kappa shape index (κ1) is 30.3. The first-order valence-electron chi connectivity index (χ1n) is 2.21. The van der Waals surface area contributed by atoms with Gasteiger partial charge < -0.3 is 59.8 Å². The molecule has 9 heavy (non-hydrogen) atoms. The third-order valence-corrected chi connectivity index (χ3v) is 0.604. The molecule has 2 nitrogen and oxygen atoms in total. The summed E-state index contributed by atoms with van der Waals surface area (Å²) < 4.78 is 0. The predicted octanol–water partition coefficient (Wildman–Crippen LogP) is -5.97. The molecule has 0 rings (SSSR count). The Morgan fingerprint density at radius 1 is 1.22 bits per heavy atom. The van der Waals surface area contributed by atoms with Crippen LogP contribution in [-0.2, 0) is 0 Å². The average molecular weight is 465 g/mol. The third-order valence-electron chi connectivity index (χ3n) is 0.604. The molecule has 0 aliphatic heterocycles. The van der Waals surface area contributed by atoms with Crippen LogP contribution < -0.4 is 59.8 Å². The van der Waals surface area contributed by atoms with Crippen LogP contribution in [0.25, 0.3) is 0 Å². The maximum Gasteiger partial charge on any atom is 0.0739 e. The first-order valence-corrected chi connectivity index (χ1v) is 2.21. The quantitative estimate of drug-likeness (QED) is 0.302. The number of rotatable bonds is 2. The molecule has 0 aromatic rings. The molecule has 0 saturated carbocycles. The summed E-state index contributed by atoms with van der Waals surface area (Å²) in [7, 11) is 0. The summed E-state index contributed by atoms with van der Waals surface area (Å²) in [5, 5.41) is 0. The van der Waals surface area contributed by atoms with Crippen molar-refractivity contribution in [2.75, 3.05) is 6.54 Å². The number of hydrogen-bond acceptors (Lipinski definition) is 0. The maximum absolute atomic E-state index is 3.68. The van der Waals surface area contributed by atoms with E-state index in [0.717, 1.165) is 6.54 Å². The molecule has 0 fully saturated rings. The Morgan fingerprint density at radius 2 is 1.56 bits per heavy atom. The summed E-state index contributed by atoms with van der Waals surface area (Å²) in [6, 6.07) is 0. The van der Waals surface area contributed by atoms with E-state index in [4.69, 9.17) is 0 Å². The second kappa shape index (κ2) is 32.0. The van der Waals surface area contributed by atoms with Crippen molar-refractivity contribution in [1.29, 1.82) is 0 Å². The summed E-state index contributed by atoms with van der Waals surface area (Å²) >= 11 is 0. The second-order valence-corrected chi connectivity index (χ2v) is 1.21. The molecule has 0 spiro atoms. The predicted molar refractivity (Wildman–Crippen MR) is 34.4 cm³/mol. The Morgan fingerprint density at radius 3 is 1.56 bits per heavy atom. The second-order valence-electron chi connectivity index (χ2n) is 1.21. The fourth-order valence-corrected chi connectivity index (χ4v) is 0.250. The van der Waals surface area contributed by atoms with Gasteiger partial charge in [0.25, 0.3) is 0 Å². The fourth-order valence-electron chi connectivity index (χ4n) is 0.250. The van der Waals surface area contributed by atoms with Crippen LogP contribution in [0.3, 0.4) is 0 Å². The van der Waals surface area contributed by atoms with Crippen LogP contribution in [0.2, 0.25) is 0 Å². The molecular weight excluding hydrogens is 449 g/mol. The molecule has 5 heteroatoms. The van der Waals surface area contributed by atoms with Gasteiger partial charge in [0, 0.05) is 23.9 Å². The monoisotopic (exact) mass is 466 g/mol. The number of halogens is 2. The summed E-state index contributed by atoms with van der Waals surface area (Å²) in [6.45, 7) is 3.27. The molecule has 7 N–H and O–H groups in total. The molecule has 0 unspecified atom stereocenters. The van der Waals surface area contributed by atoms with Crippen LogP contribution in [0, 0.1) is 0 Å². The molecule has 0 aromatic carbocycles. The van der Waals surface area contributed by atoms with Crippen molar-refractivity contribution in [2.24, 2.45) is 0 Å². The van der Waals surface area contributed by atoms with E-state index in [-0.39, 0.29) is 78.0 Å². The van der Waals surface area contributed by atoms with Crippen molar-refractivity contribution >= 4 is 23.9 Å². The maximum atomic E-state index is 3.68. The third kappa shape index (κ3) is 39.0. The van der Waals surface area contributed by atoms with Crippen LogP contribution in [0.15, 0.2) is 0 Å². The molecule has 0 bridgehead atoms. The fraction of sp³-hybridized carbons (Fsp3) is 1.00. The van der Waals surface area contributed by atoms with Crippen LogP contribution in [0.5, 0.6) is 0 Å². The average Bonchev–Trinajstić information content (AvgIpc) is 1.41. The molecule has 0 aromatic heterocycles. The SMILES string of the molecule is CCCC[NH3+].[I-].[I-].[NH4+].[Sn]. The van der Waals surface area contributed by atoms with Crippen molar-refractivity contribution in [3.05, 3.63) is 0 Å². The summed E-state index contributed by atoms with van der Waals surface area (Å²) in [5.41, 5.74) is 3.68. The molecule has 0 amide bonds. The van der Waals surface area contributed by atoms with E-state index in [0.29, 0.717) is 0 Å². The molecule has 0 aliphatic carbocycles. The van der Waals surface area contributed by atoms with Crippen molar-refractivity contribution in [3.63, 3.8) is 0 Å². The van der Waals surface area contributed by atoms with E-state index < -0.39 is 0 Å². The van der Waals surface area contributed by atoms with E-state index in [2.05, 4.69) is 12.7 Å². The number of quaternary nitrogens is 2. The van der Waals surface area contributed by atoms with Gasteiger partial charge >= 0.3 is 0 Å². The minimum Gasteiger partial charge on any atom is -1.00 e. The van der Waals surface area contributed by atoms with E-state index in [9.17, 15) is 0 Å². The molecule has 0 atom stereocenters. The van der Waals surface area contributed by atoms with Gasteiger partial charge in [0.1, 0.15) is 0 Å². The molecule has 4 radical (unpaired) electrons. The molecule has 0 saturated heterocycles. The zero-order chi connectivity index (χ0) is 4.12. The van der Waals surface area contributed by atoms with E-state index in [1.165, 1.54) is 12.8 Å². The van der Waals surface area contributed by atoms with Crippen molar-refractivity contribution in [1.82, 2.24) is 6.15 Å². The minimum atomic E-state index is 0. The Kier molecular flexibility index (Phi) is 108. The van der Waals surface area contributed by atoms with Gasteiger partial charge in [-0.3, -0.25) is 0 Å². The van der Waals surface area contributed by atoms with Crippen LogP contribution in [0.4, 0.5) is 0 Å². The van der Waals surface area contributed by atoms with Crippen LogP contribution in [-0.4, -0.2) is 30.5 Å². The van der Waals surface area contributed by atoms with Crippen molar-refractivity contribution in [3.8, 4) is 0 Å². The van der Waals surface area contributed by atoms with Crippen LogP contribution in [0.1, 0.15) is 19.8 Å². The van der Waals surface area contributed by atoms with Gasteiger partial charge in [0.05, 0.1) is 6.54 Å². The summed E-state index contributed by atoms with van der Waals surface area (Å²) in [4.78, 5) is 0. The molecular formula is C4H16I2N2Sn. The smallest absolute Gasteiger partial charge is 0.0739 e. The molecule has 0 aliphatic rings. The van der Waals surface area contributed by atoms with Gasteiger partial charge in [0.2, 0.25) is 0 Å². The molecule has 60 valence electrons. The van der Waals surface area contributed by atoms with Crippen molar-refractivity contribution in [2.45, 2.75) is 19.8 Å². The van der Waals surface area contributed by atoms with E-state index in [1.807, 2.05) is 0 Å². The Balaban J connectivity index is -0.0000000133. The Hall–Kier alpha value is 2.18. The first-order chi connectivity index (χ1) is 2.41. The van der Waals surface area contributed by atoms with Gasteiger partial charge in [-0.05, 0) is 6.42 Å². The van der Waals surface area contributed by atoms with E-state index in [1.54, 1.807) is 0 Å². The standard InChI is InChI=1S/C4H11N.2HI.H3N.Sn/c1-2-3-4-5;;;;/h2-5H2,1H3;2*1H;1H3;. The zero-order valence-corrected chi connectivity index (χ0v) is 13.3. The molecule has 0 heterocycles. The van der Waals surface area contributed by atoms with Crippen molar-refractivity contribution < 1.29 is 53.7 Å². The number of unbranched alkanes of at least 4 members (excludes halogenated alkanes) is 1. The van der Waals surface area contributed by atoms with Gasteiger partial charge in [-0.2, -0.15) is 0 Å². The van der Waals surface area contributed by atoms with Gasteiger partial charge in [-0.15, -0.1) is 0 Å².